The quantitative estimate of drug-likeness (QED) is 0.780. The molecule has 0 bridgehead atoms. The Bertz CT molecular complexity index is 762. The van der Waals surface area contributed by atoms with E-state index in [1.165, 1.54) is 29.5 Å². The number of nitrogens with two attached hydrogens (primary N) is 1. The largest absolute Gasteiger partial charge is 0.437 e. The highest BCUT2D eigenvalue weighted by molar-refractivity contribution is 7.16. The monoisotopic (exact) mass is 295 g/mol. The maximum absolute atomic E-state index is 13.0. The Morgan fingerprint density at radius 2 is 2.11 bits per heavy atom. The summed E-state index contributed by atoms with van der Waals surface area (Å²) in [5.74, 6) is 0.300. The molecular formula is C12H7ClFN3OS. The van der Waals surface area contributed by atoms with E-state index < -0.39 is 5.82 Å². The van der Waals surface area contributed by atoms with Gasteiger partial charge < -0.3 is 10.5 Å². The Hall–Kier alpha value is -1.92. The highest BCUT2D eigenvalue weighted by atomic mass is 35.5. The van der Waals surface area contributed by atoms with Gasteiger partial charge in [-0.3, -0.25) is 0 Å². The molecule has 96 valence electrons. The number of thiophene rings is 1. The predicted octanol–water partition coefficient (Wildman–Crippen LogP) is 3.86. The van der Waals surface area contributed by atoms with Gasteiger partial charge >= 0.3 is 0 Å². The lowest BCUT2D eigenvalue weighted by Gasteiger charge is -2.08. The van der Waals surface area contributed by atoms with Crippen molar-refractivity contribution in [1.29, 1.82) is 0 Å². The summed E-state index contributed by atoms with van der Waals surface area (Å²) in [6, 6.07) is 5.70. The van der Waals surface area contributed by atoms with Gasteiger partial charge in [0.2, 0.25) is 11.8 Å². The molecule has 2 aromatic heterocycles. The molecule has 0 fully saturated rings. The van der Waals surface area contributed by atoms with Crippen molar-refractivity contribution < 1.29 is 9.13 Å². The standard InChI is InChI=1S/C12H7ClFN3OS/c13-8-5-6(14)1-2-9(8)18-10-7-3-4-19-11(7)17-12(15)16-10/h1-5H,(H2,15,16,17). The number of nitrogen functional groups attached to an aromatic ring is 1. The summed E-state index contributed by atoms with van der Waals surface area (Å²) in [7, 11) is 0. The minimum Gasteiger partial charge on any atom is -0.437 e. The van der Waals surface area contributed by atoms with Gasteiger partial charge in [-0.1, -0.05) is 11.6 Å². The Morgan fingerprint density at radius 1 is 1.26 bits per heavy atom. The van der Waals surface area contributed by atoms with Crippen molar-refractivity contribution in [2.75, 3.05) is 5.73 Å². The van der Waals surface area contributed by atoms with E-state index in [0.717, 1.165) is 10.2 Å². The molecule has 7 heteroatoms. The predicted molar refractivity (Wildman–Crippen MR) is 73.3 cm³/mol. The van der Waals surface area contributed by atoms with E-state index in [9.17, 15) is 4.39 Å². The fourth-order valence-electron chi connectivity index (χ4n) is 1.58. The molecule has 0 aliphatic heterocycles. The van der Waals surface area contributed by atoms with Gasteiger partial charge in [0.05, 0.1) is 10.4 Å². The summed E-state index contributed by atoms with van der Waals surface area (Å²) in [5, 5.41) is 2.76. The number of benzene rings is 1. The molecular weight excluding hydrogens is 289 g/mol. The molecule has 0 saturated carbocycles. The van der Waals surface area contributed by atoms with Gasteiger partial charge in [-0.2, -0.15) is 4.98 Å². The van der Waals surface area contributed by atoms with E-state index in [1.807, 2.05) is 11.4 Å². The summed E-state index contributed by atoms with van der Waals surface area (Å²) >= 11 is 7.34. The van der Waals surface area contributed by atoms with Gasteiger partial charge in [-0.05, 0) is 29.6 Å². The lowest BCUT2D eigenvalue weighted by molar-refractivity contribution is 0.468. The first-order valence-electron chi connectivity index (χ1n) is 5.27. The SMILES string of the molecule is Nc1nc(Oc2ccc(F)cc2Cl)c2ccsc2n1. The molecule has 2 N–H and O–H groups in total. The van der Waals surface area contributed by atoms with Gasteiger partial charge in [0.15, 0.2) is 0 Å². The third kappa shape index (κ3) is 2.32. The zero-order chi connectivity index (χ0) is 13.4. The number of hydrogen-bond acceptors (Lipinski definition) is 5. The van der Waals surface area contributed by atoms with Crippen molar-refractivity contribution in [1.82, 2.24) is 9.97 Å². The fraction of sp³-hybridized carbons (Fsp3) is 0. The summed E-state index contributed by atoms with van der Waals surface area (Å²) < 4.78 is 18.6. The molecule has 0 atom stereocenters. The maximum atomic E-state index is 13.0. The lowest BCUT2D eigenvalue weighted by Crippen LogP contribution is -1.97. The van der Waals surface area contributed by atoms with Gasteiger partial charge in [0.1, 0.15) is 16.4 Å². The van der Waals surface area contributed by atoms with Crippen LogP contribution in [0.5, 0.6) is 11.6 Å². The van der Waals surface area contributed by atoms with Crippen LogP contribution in [0, 0.1) is 5.82 Å². The normalized spacial score (nSPS) is 10.8. The van der Waals surface area contributed by atoms with E-state index in [4.69, 9.17) is 22.1 Å². The van der Waals surface area contributed by atoms with E-state index in [2.05, 4.69) is 9.97 Å². The van der Waals surface area contributed by atoms with Crippen molar-refractivity contribution in [2.24, 2.45) is 0 Å². The second-order valence-electron chi connectivity index (χ2n) is 3.70. The van der Waals surface area contributed by atoms with Crippen LogP contribution in [0.15, 0.2) is 29.6 Å². The molecule has 0 aliphatic carbocycles. The third-order valence-electron chi connectivity index (χ3n) is 2.41. The van der Waals surface area contributed by atoms with Crippen molar-refractivity contribution in [3.63, 3.8) is 0 Å². The van der Waals surface area contributed by atoms with Crippen LogP contribution in [0.4, 0.5) is 10.3 Å². The molecule has 19 heavy (non-hydrogen) atoms. The zero-order valence-corrected chi connectivity index (χ0v) is 11.0. The molecule has 2 heterocycles. The first-order chi connectivity index (χ1) is 9.13. The minimum atomic E-state index is -0.430. The number of fused-ring (bicyclic) bond motifs is 1. The average molecular weight is 296 g/mol. The van der Waals surface area contributed by atoms with Crippen molar-refractivity contribution in [3.05, 3.63) is 40.5 Å². The molecule has 4 nitrogen and oxygen atoms in total. The number of hydrogen-bond donors (Lipinski definition) is 1. The Kier molecular flexibility index (Phi) is 2.96. The van der Waals surface area contributed by atoms with Gasteiger partial charge in [0.25, 0.3) is 0 Å². The van der Waals surface area contributed by atoms with E-state index in [-0.39, 0.29) is 11.0 Å². The molecule has 3 rings (SSSR count). The molecule has 0 amide bonds. The Morgan fingerprint density at radius 3 is 2.89 bits per heavy atom. The highest BCUT2D eigenvalue weighted by Crippen LogP contribution is 2.34. The smallest absolute Gasteiger partial charge is 0.232 e. The minimum absolute atomic E-state index is 0.114. The molecule has 0 saturated heterocycles. The molecule has 0 radical (unpaired) electrons. The van der Waals surface area contributed by atoms with E-state index in [1.54, 1.807) is 0 Å². The van der Waals surface area contributed by atoms with Crippen molar-refractivity contribution >= 4 is 39.1 Å². The van der Waals surface area contributed by atoms with Crippen LogP contribution in [0.25, 0.3) is 10.2 Å². The number of rotatable bonds is 2. The third-order valence-corrected chi connectivity index (χ3v) is 3.51. The zero-order valence-electron chi connectivity index (χ0n) is 9.43. The van der Waals surface area contributed by atoms with Gasteiger partial charge in [0, 0.05) is 0 Å². The topological polar surface area (TPSA) is 61.0 Å². The Balaban J connectivity index is 2.07. The summed E-state index contributed by atoms with van der Waals surface area (Å²) in [4.78, 5) is 8.84. The molecule has 1 aromatic carbocycles. The number of aromatic nitrogens is 2. The number of anilines is 1. The van der Waals surface area contributed by atoms with Gasteiger partial charge in [-0.15, -0.1) is 11.3 Å². The first kappa shape index (κ1) is 12.1. The summed E-state index contributed by atoms with van der Waals surface area (Å²) in [6.45, 7) is 0. The summed E-state index contributed by atoms with van der Waals surface area (Å²) in [5.41, 5.74) is 5.61. The van der Waals surface area contributed by atoms with Crippen molar-refractivity contribution in [3.8, 4) is 11.6 Å². The van der Waals surface area contributed by atoms with Crippen LogP contribution in [0.2, 0.25) is 5.02 Å². The fourth-order valence-corrected chi connectivity index (χ4v) is 2.55. The molecule has 0 spiro atoms. The lowest BCUT2D eigenvalue weighted by atomic mass is 10.3. The average Bonchev–Trinajstić information content (AvgIpc) is 2.80. The first-order valence-corrected chi connectivity index (χ1v) is 6.53. The highest BCUT2D eigenvalue weighted by Gasteiger charge is 2.11. The van der Waals surface area contributed by atoms with E-state index >= 15 is 0 Å². The van der Waals surface area contributed by atoms with Crippen LogP contribution in [-0.4, -0.2) is 9.97 Å². The van der Waals surface area contributed by atoms with Crippen LogP contribution >= 0.6 is 22.9 Å². The van der Waals surface area contributed by atoms with Crippen LogP contribution < -0.4 is 10.5 Å². The second-order valence-corrected chi connectivity index (χ2v) is 5.00. The molecule has 3 aromatic rings. The second kappa shape index (κ2) is 4.64. The Labute approximate surface area is 116 Å². The maximum Gasteiger partial charge on any atom is 0.232 e. The number of nitrogens with zero attached hydrogens (tertiary/aromatic N) is 2. The van der Waals surface area contributed by atoms with E-state index in [0.29, 0.717) is 11.6 Å². The van der Waals surface area contributed by atoms with Crippen LogP contribution in [-0.2, 0) is 0 Å². The number of ether oxygens (including phenoxy) is 1. The van der Waals surface area contributed by atoms with Crippen LogP contribution in [0.1, 0.15) is 0 Å². The molecule has 0 unspecified atom stereocenters. The van der Waals surface area contributed by atoms with Crippen LogP contribution in [0.3, 0.4) is 0 Å². The summed E-state index contributed by atoms with van der Waals surface area (Å²) in [6.07, 6.45) is 0. The molecule has 0 aliphatic rings. The van der Waals surface area contributed by atoms with Gasteiger partial charge in [-0.25, -0.2) is 9.37 Å². The number of halogens is 2. The van der Waals surface area contributed by atoms with Crippen molar-refractivity contribution in [2.45, 2.75) is 0 Å².